The lowest BCUT2D eigenvalue weighted by molar-refractivity contribution is -0.142. The number of benzene rings is 1. The Morgan fingerprint density at radius 1 is 1.17 bits per heavy atom. The number of nitrogens with zero attached hydrogens (tertiary/aromatic N) is 1. The van der Waals surface area contributed by atoms with Gasteiger partial charge in [-0.3, -0.25) is 18.7 Å². The smallest absolute Gasteiger partial charge is 0.434 e. The van der Waals surface area contributed by atoms with E-state index in [1.165, 1.54) is 12.3 Å². The van der Waals surface area contributed by atoms with Gasteiger partial charge in [0, 0.05) is 24.4 Å². The molecule has 0 unspecified atom stereocenters. The van der Waals surface area contributed by atoms with Crippen LogP contribution in [0.3, 0.4) is 0 Å². The van der Waals surface area contributed by atoms with Crippen LogP contribution in [0, 0.1) is 5.92 Å². The molecule has 3 amide bonds. The summed E-state index contributed by atoms with van der Waals surface area (Å²) in [5, 5.41) is 17.8. The molecule has 3 atom stereocenters. The second kappa shape index (κ2) is 10.6. The van der Waals surface area contributed by atoms with Crippen LogP contribution in [0.5, 0.6) is 0 Å². The van der Waals surface area contributed by atoms with Gasteiger partial charge in [0.1, 0.15) is 18.1 Å². The fourth-order valence-electron chi connectivity index (χ4n) is 4.09. The van der Waals surface area contributed by atoms with Crippen molar-refractivity contribution in [2.75, 3.05) is 0 Å². The minimum absolute atomic E-state index is 0.00581. The number of aliphatic carboxylic acids is 1. The van der Waals surface area contributed by atoms with Crippen molar-refractivity contribution < 1.29 is 38.6 Å². The zero-order valence-electron chi connectivity index (χ0n) is 19.3. The first kappa shape index (κ1) is 26.4. The zero-order chi connectivity index (χ0) is 25.9. The molecule has 2 aromatic rings. The van der Waals surface area contributed by atoms with Crippen LogP contribution in [0.15, 0.2) is 30.5 Å². The maximum atomic E-state index is 13.0. The molecule has 1 aromatic carbocycles. The SMILES string of the molecule is CC(C)C[C@H](NC(=O)[C@@H]1CCC(=O)N1)C(=O)N[C@@H](Cc1cn(P(=O)(O)O)c2ccccc12)C(=O)O. The standard InChI is InChI=1S/C22H29N4O8P/c1-12(2)9-16(24-20(28)15-7-8-19(27)23-15)21(29)25-17(22(30)31)10-13-11-26(35(32,33)34)18-6-4-3-5-14(13)18/h3-6,11-12,15-17H,7-10H2,1-2H3,(H,23,27)(H,24,28)(H,25,29)(H,30,31)(H2,32,33,34)/t15-,16-,17-/m0/s1. The van der Waals surface area contributed by atoms with Crippen molar-refractivity contribution in [2.45, 2.75) is 57.7 Å². The maximum Gasteiger partial charge on any atom is 0.434 e. The van der Waals surface area contributed by atoms with Gasteiger partial charge in [0.05, 0.1) is 5.52 Å². The Labute approximate surface area is 201 Å². The molecule has 0 bridgehead atoms. The molecular formula is C22H29N4O8P. The number of para-hydroxylation sites is 1. The molecule has 13 heteroatoms. The summed E-state index contributed by atoms with van der Waals surface area (Å²) in [6.07, 6.45) is 1.70. The fraction of sp³-hybridized carbons (Fsp3) is 0.455. The summed E-state index contributed by atoms with van der Waals surface area (Å²) in [4.78, 5) is 68.3. The Balaban J connectivity index is 1.80. The van der Waals surface area contributed by atoms with Crippen molar-refractivity contribution in [3.05, 3.63) is 36.0 Å². The molecule has 1 saturated heterocycles. The Morgan fingerprint density at radius 2 is 1.86 bits per heavy atom. The summed E-state index contributed by atoms with van der Waals surface area (Å²) < 4.78 is 12.7. The number of fused-ring (bicyclic) bond motifs is 1. The first-order valence-electron chi connectivity index (χ1n) is 11.1. The Hall–Kier alpha value is -3.21. The van der Waals surface area contributed by atoms with Gasteiger partial charge >= 0.3 is 13.7 Å². The number of carboxylic acid groups (broad SMARTS) is 1. The molecule has 0 aliphatic carbocycles. The summed E-state index contributed by atoms with van der Waals surface area (Å²) in [6.45, 7) is 3.69. The molecule has 2 heterocycles. The van der Waals surface area contributed by atoms with E-state index in [2.05, 4.69) is 16.0 Å². The molecule has 0 spiro atoms. The molecule has 12 nitrogen and oxygen atoms in total. The number of hydrogen-bond donors (Lipinski definition) is 6. The molecule has 6 N–H and O–H groups in total. The second-order valence-electron chi connectivity index (χ2n) is 8.98. The van der Waals surface area contributed by atoms with Crippen LogP contribution in [-0.4, -0.2) is 61.0 Å². The average molecular weight is 508 g/mol. The predicted molar refractivity (Wildman–Crippen MR) is 125 cm³/mol. The molecule has 35 heavy (non-hydrogen) atoms. The summed E-state index contributed by atoms with van der Waals surface area (Å²) >= 11 is 0. The van der Waals surface area contributed by atoms with E-state index in [-0.39, 0.29) is 36.6 Å². The van der Waals surface area contributed by atoms with E-state index in [4.69, 9.17) is 0 Å². The van der Waals surface area contributed by atoms with E-state index in [1.807, 2.05) is 13.8 Å². The minimum atomic E-state index is -4.70. The van der Waals surface area contributed by atoms with Gasteiger partial charge in [-0.2, -0.15) is 0 Å². The van der Waals surface area contributed by atoms with E-state index in [0.29, 0.717) is 17.4 Å². The van der Waals surface area contributed by atoms with Crippen LogP contribution in [-0.2, 0) is 30.2 Å². The van der Waals surface area contributed by atoms with Crippen LogP contribution in [0.2, 0.25) is 0 Å². The van der Waals surface area contributed by atoms with Crippen LogP contribution in [0.25, 0.3) is 10.9 Å². The van der Waals surface area contributed by atoms with E-state index >= 15 is 0 Å². The molecule has 0 radical (unpaired) electrons. The lowest BCUT2D eigenvalue weighted by Gasteiger charge is -2.24. The quantitative estimate of drug-likeness (QED) is 0.250. The van der Waals surface area contributed by atoms with Crippen LogP contribution in [0.4, 0.5) is 0 Å². The molecule has 1 aliphatic heterocycles. The minimum Gasteiger partial charge on any atom is -0.480 e. The van der Waals surface area contributed by atoms with Gasteiger partial charge in [0.25, 0.3) is 0 Å². The number of amides is 3. The molecule has 1 fully saturated rings. The zero-order valence-corrected chi connectivity index (χ0v) is 20.2. The van der Waals surface area contributed by atoms with Gasteiger partial charge in [-0.15, -0.1) is 0 Å². The predicted octanol–water partition coefficient (Wildman–Crippen LogP) is 0.504. The topological polar surface area (TPSA) is 187 Å². The second-order valence-corrected chi connectivity index (χ2v) is 10.4. The highest BCUT2D eigenvalue weighted by molar-refractivity contribution is 7.50. The Bertz CT molecular complexity index is 1190. The average Bonchev–Trinajstić information content (AvgIpc) is 3.36. The van der Waals surface area contributed by atoms with Gasteiger partial charge in [-0.25, -0.2) is 9.36 Å². The highest BCUT2D eigenvalue weighted by atomic mass is 31.2. The number of nitrogens with one attached hydrogen (secondary N) is 3. The van der Waals surface area contributed by atoms with Gasteiger partial charge in [-0.1, -0.05) is 32.0 Å². The van der Waals surface area contributed by atoms with E-state index < -0.39 is 43.7 Å². The van der Waals surface area contributed by atoms with Gasteiger partial charge in [0.2, 0.25) is 17.7 Å². The molecular weight excluding hydrogens is 479 g/mol. The van der Waals surface area contributed by atoms with Gasteiger partial charge < -0.3 is 30.8 Å². The van der Waals surface area contributed by atoms with Gasteiger partial charge in [-0.05, 0) is 30.4 Å². The molecule has 3 rings (SSSR count). The molecule has 1 aliphatic rings. The highest BCUT2D eigenvalue weighted by Gasteiger charge is 2.33. The van der Waals surface area contributed by atoms with Crippen molar-refractivity contribution in [2.24, 2.45) is 5.92 Å². The fourth-order valence-corrected chi connectivity index (χ4v) is 4.83. The maximum absolute atomic E-state index is 13.0. The van der Waals surface area contributed by atoms with E-state index in [9.17, 15) is 38.6 Å². The van der Waals surface area contributed by atoms with Crippen LogP contribution in [0.1, 0.15) is 38.7 Å². The summed E-state index contributed by atoms with van der Waals surface area (Å²) in [5.74, 6) is -2.83. The van der Waals surface area contributed by atoms with E-state index in [0.717, 1.165) is 4.34 Å². The summed E-state index contributed by atoms with van der Waals surface area (Å²) in [5.41, 5.74) is 0.560. The third-order valence-corrected chi connectivity index (χ3v) is 6.64. The van der Waals surface area contributed by atoms with Crippen molar-refractivity contribution in [3.63, 3.8) is 0 Å². The molecule has 1 aromatic heterocycles. The highest BCUT2D eigenvalue weighted by Crippen LogP contribution is 2.42. The number of aromatic nitrogens is 1. The van der Waals surface area contributed by atoms with Crippen LogP contribution < -0.4 is 16.0 Å². The third kappa shape index (κ3) is 6.47. The van der Waals surface area contributed by atoms with Crippen molar-refractivity contribution >= 4 is 42.3 Å². The first-order valence-corrected chi connectivity index (χ1v) is 12.7. The van der Waals surface area contributed by atoms with Crippen LogP contribution >= 0.6 is 7.75 Å². The van der Waals surface area contributed by atoms with Crippen molar-refractivity contribution in [3.8, 4) is 0 Å². The number of rotatable bonds is 10. The summed E-state index contributed by atoms with van der Waals surface area (Å²) in [6, 6.07) is 3.16. The monoisotopic (exact) mass is 508 g/mol. The van der Waals surface area contributed by atoms with E-state index in [1.54, 1.807) is 18.2 Å². The first-order chi connectivity index (χ1) is 16.4. The number of carbonyl (C=O) groups is 4. The van der Waals surface area contributed by atoms with Crippen molar-refractivity contribution in [1.82, 2.24) is 20.3 Å². The Morgan fingerprint density at radius 3 is 2.43 bits per heavy atom. The summed E-state index contributed by atoms with van der Waals surface area (Å²) in [7, 11) is -4.70. The number of carboxylic acids is 1. The molecule has 0 saturated carbocycles. The normalized spacial score (nSPS) is 17.7. The third-order valence-electron chi connectivity index (χ3n) is 5.75. The largest absolute Gasteiger partial charge is 0.480 e. The number of hydrogen-bond acceptors (Lipinski definition) is 5. The van der Waals surface area contributed by atoms with Crippen molar-refractivity contribution in [1.29, 1.82) is 0 Å². The van der Waals surface area contributed by atoms with Gasteiger partial charge in [0.15, 0.2) is 0 Å². The lowest BCUT2D eigenvalue weighted by Crippen LogP contribution is -2.55. The molecule has 190 valence electrons. The number of carbonyl (C=O) groups excluding carboxylic acids is 3. The Kier molecular flexibility index (Phi) is 7.99. The lowest BCUT2D eigenvalue weighted by atomic mass is 10.0.